The van der Waals surface area contributed by atoms with Gasteiger partial charge in [-0.05, 0) is 38.7 Å². The molecule has 0 saturated carbocycles. The van der Waals surface area contributed by atoms with Crippen molar-refractivity contribution in [3.8, 4) is 0 Å². The molecular formula is C17H26BNO2S. The fourth-order valence-electron chi connectivity index (χ4n) is 2.88. The lowest BCUT2D eigenvalue weighted by Gasteiger charge is -2.32. The molecule has 0 aromatic heterocycles. The van der Waals surface area contributed by atoms with Crippen molar-refractivity contribution < 1.29 is 9.31 Å². The average Bonchev–Trinajstić information content (AvgIpc) is 2.69. The molecule has 0 bridgehead atoms. The monoisotopic (exact) mass is 319 g/mol. The third-order valence-electron chi connectivity index (χ3n) is 5.06. The van der Waals surface area contributed by atoms with Gasteiger partial charge in [-0.2, -0.15) is 11.8 Å². The fraction of sp³-hybridized carbons (Fsp3) is 0.647. The van der Waals surface area contributed by atoms with Crippen LogP contribution in [0.2, 0.25) is 0 Å². The molecule has 0 amide bonds. The van der Waals surface area contributed by atoms with E-state index in [-0.39, 0.29) is 18.3 Å². The SMILES string of the molecule is CC1(C)OB(c2ccccc2CN2CCSCC2)OC1(C)C. The van der Waals surface area contributed by atoms with Crippen LogP contribution in [0.5, 0.6) is 0 Å². The van der Waals surface area contributed by atoms with E-state index in [2.05, 4.69) is 56.9 Å². The second-order valence-corrected chi connectivity index (χ2v) is 8.40. The molecule has 0 radical (unpaired) electrons. The lowest BCUT2D eigenvalue weighted by molar-refractivity contribution is 0.00578. The van der Waals surface area contributed by atoms with Crippen molar-refractivity contribution in [2.45, 2.75) is 45.4 Å². The first-order valence-electron chi connectivity index (χ1n) is 8.13. The van der Waals surface area contributed by atoms with Crippen LogP contribution in [0.15, 0.2) is 24.3 Å². The van der Waals surface area contributed by atoms with E-state index in [1.807, 2.05) is 11.8 Å². The minimum absolute atomic E-state index is 0.264. The molecule has 0 atom stereocenters. The van der Waals surface area contributed by atoms with Crippen LogP contribution in [0.1, 0.15) is 33.3 Å². The Morgan fingerprint density at radius 1 is 1.05 bits per heavy atom. The number of thioether (sulfide) groups is 1. The lowest BCUT2D eigenvalue weighted by Crippen LogP contribution is -2.41. The van der Waals surface area contributed by atoms with Gasteiger partial charge in [-0.15, -0.1) is 0 Å². The van der Waals surface area contributed by atoms with Crippen molar-refractivity contribution in [3.05, 3.63) is 29.8 Å². The summed E-state index contributed by atoms with van der Waals surface area (Å²) in [5.41, 5.74) is 1.94. The molecule has 1 aromatic rings. The molecule has 120 valence electrons. The maximum Gasteiger partial charge on any atom is 0.495 e. The summed E-state index contributed by atoms with van der Waals surface area (Å²) in [6.07, 6.45) is 0. The third kappa shape index (κ3) is 3.23. The predicted molar refractivity (Wildman–Crippen MR) is 94.8 cm³/mol. The lowest BCUT2D eigenvalue weighted by atomic mass is 9.76. The van der Waals surface area contributed by atoms with E-state index in [0.29, 0.717) is 0 Å². The van der Waals surface area contributed by atoms with Crippen LogP contribution >= 0.6 is 11.8 Å². The summed E-state index contributed by atoms with van der Waals surface area (Å²) in [6, 6.07) is 8.55. The van der Waals surface area contributed by atoms with E-state index < -0.39 is 0 Å². The molecule has 0 spiro atoms. The summed E-state index contributed by atoms with van der Waals surface area (Å²) in [4.78, 5) is 2.53. The van der Waals surface area contributed by atoms with Gasteiger partial charge in [-0.3, -0.25) is 4.90 Å². The average molecular weight is 319 g/mol. The van der Waals surface area contributed by atoms with Crippen LogP contribution < -0.4 is 5.46 Å². The highest BCUT2D eigenvalue weighted by atomic mass is 32.2. The maximum absolute atomic E-state index is 6.24. The molecule has 5 heteroatoms. The Bertz CT molecular complexity index is 513. The van der Waals surface area contributed by atoms with Gasteiger partial charge >= 0.3 is 7.12 Å². The van der Waals surface area contributed by atoms with E-state index in [0.717, 1.165) is 6.54 Å². The van der Waals surface area contributed by atoms with Gasteiger partial charge in [0.2, 0.25) is 0 Å². The van der Waals surface area contributed by atoms with Crippen molar-refractivity contribution in [2.24, 2.45) is 0 Å². The van der Waals surface area contributed by atoms with E-state index in [9.17, 15) is 0 Å². The fourth-order valence-corrected chi connectivity index (χ4v) is 3.86. The number of rotatable bonds is 3. The highest BCUT2D eigenvalue weighted by Gasteiger charge is 2.52. The molecule has 0 unspecified atom stereocenters. The molecule has 0 aliphatic carbocycles. The topological polar surface area (TPSA) is 21.7 Å². The smallest absolute Gasteiger partial charge is 0.399 e. The molecular weight excluding hydrogens is 293 g/mol. The summed E-state index contributed by atoms with van der Waals surface area (Å²) in [5.74, 6) is 2.47. The quantitative estimate of drug-likeness (QED) is 0.798. The normalized spacial score (nSPS) is 24.6. The first kappa shape index (κ1) is 16.4. The second-order valence-electron chi connectivity index (χ2n) is 7.18. The predicted octanol–water partition coefficient (Wildman–Crippen LogP) is 2.53. The summed E-state index contributed by atoms with van der Waals surface area (Å²) < 4.78 is 12.5. The minimum atomic E-state index is -0.285. The third-order valence-corrected chi connectivity index (χ3v) is 6.00. The van der Waals surface area contributed by atoms with Crippen LogP contribution in [0, 0.1) is 0 Å². The number of hydrogen-bond donors (Lipinski definition) is 0. The van der Waals surface area contributed by atoms with Gasteiger partial charge in [-0.1, -0.05) is 24.3 Å². The molecule has 3 nitrogen and oxygen atoms in total. The first-order chi connectivity index (χ1) is 10.4. The van der Waals surface area contributed by atoms with Gasteiger partial charge in [-0.25, -0.2) is 0 Å². The van der Waals surface area contributed by atoms with E-state index in [1.165, 1.54) is 35.6 Å². The van der Waals surface area contributed by atoms with E-state index in [4.69, 9.17) is 9.31 Å². The van der Waals surface area contributed by atoms with Gasteiger partial charge in [0, 0.05) is 31.1 Å². The Hall–Kier alpha value is -0.485. The molecule has 2 aliphatic heterocycles. The zero-order valence-electron chi connectivity index (χ0n) is 14.1. The van der Waals surface area contributed by atoms with Crippen LogP contribution in [-0.4, -0.2) is 47.8 Å². The summed E-state index contributed by atoms with van der Waals surface area (Å²) in [5, 5.41) is 0. The number of benzene rings is 1. The maximum atomic E-state index is 6.24. The van der Waals surface area contributed by atoms with Gasteiger partial charge < -0.3 is 9.31 Å². The Morgan fingerprint density at radius 3 is 2.27 bits per heavy atom. The van der Waals surface area contributed by atoms with Crippen molar-refractivity contribution in [1.29, 1.82) is 0 Å². The van der Waals surface area contributed by atoms with Crippen LogP contribution in [0.25, 0.3) is 0 Å². The Labute approximate surface area is 138 Å². The van der Waals surface area contributed by atoms with Crippen molar-refractivity contribution in [3.63, 3.8) is 0 Å². The summed E-state index contributed by atoms with van der Waals surface area (Å²) in [6.45, 7) is 11.8. The first-order valence-corrected chi connectivity index (χ1v) is 9.28. The summed E-state index contributed by atoms with van der Waals surface area (Å²) >= 11 is 2.05. The largest absolute Gasteiger partial charge is 0.495 e. The number of nitrogens with zero attached hydrogens (tertiary/aromatic N) is 1. The van der Waals surface area contributed by atoms with Gasteiger partial charge in [0.05, 0.1) is 11.2 Å². The van der Waals surface area contributed by atoms with Crippen molar-refractivity contribution >= 4 is 24.3 Å². The van der Waals surface area contributed by atoms with Crippen LogP contribution in [0.3, 0.4) is 0 Å². The molecule has 2 heterocycles. The molecule has 3 rings (SSSR count). The Balaban J connectivity index is 1.80. The molecule has 0 N–H and O–H groups in total. The van der Waals surface area contributed by atoms with Crippen LogP contribution in [0.4, 0.5) is 0 Å². The highest BCUT2D eigenvalue weighted by molar-refractivity contribution is 7.99. The molecule has 2 aliphatic rings. The highest BCUT2D eigenvalue weighted by Crippen LogP contribution is 2.36. The molecule has 2 fully saturated rings. The van der Waals surface area contributed by atoms with E-state index >= 15 is 0 Å². The molecule has 2 saturated heterocycles. The molecule has 22 heavy (non-hydrogen) atoms. The Kier molecular flexibility index (Phi) is 4.61. The van der Waals surface area contributed by atoms with E-state index in [1.54, 1.807) is 0 Å². The zero-order valence-corrected chi connectivity index (χ0v) is 14.9. The second kappa shape index (κ2) is 6.19. The van der Waals surface area contributed by atoms with Crippen LogP contribution in [-0.2, 0) is 15.9 Å². The van der Waals surface area contributed by atoms with Gasteiger partial charge in [0.1, 0.15) is 0 Å². The number of hydrogen-bond acceptors (Lipinski definition) is 4. The molecule has 1 aromatic carbocycles. The minimum Gasteiger partial charge on any atom is -0.399 e. The van der Waals surface area contributed by atoms with Crippen molar-refractivity contribution in [2.75, 3.05) is 24.6 Å². The van der Waals surface area contributed by atoms with Gasteiger partial charge in [0.25, 0.3) is 0 Å². The summed E-state index contributed by atoms with van der Waals surface area (Å²) in [7, 11) is -0.264. The Morgan fingerprint density at radius 2 is 1.64 bits per heavy atom. The van der Waals surface area contributed by atoms with Gasteiger partial charge in [0.15, 0.2) is 0 Å². The standard InChI is InChI=1S/C17H26BNO2S/c1-16(2)17(3,4)21-18(20-16)15-8-6-5-7-14(15)13-19-9-11-22-12-10-19/h5-8H,9-13H2,1-4H3. The zero-order chi connectivity index (χ0) is 15.8. The van der Waals surface area contributed by atoms with Crippen molar-refractivity contribution in [1.82, 2.24) is 4.90 Å².